The van der Waals surface area contributed by atoms with Crippen molar-refractivity contribution in [1.82, 2.24) is 24.5 Å². The number of carbonyl (C=O) groups is 1. The normalized spacial score (nSPS) is 12.5. The first kappa shape index (κ1) is 20.0. The lowest BCUT2D eigenvalue weighted by Crippen LogP contribution is -2.31. The molecule has 0 atom stereocenters. The molecule has 3 aromatic rings. The summed E-state index contributed by atoms with van der Waals surface area (Å²) in [5, 5.41) is 8.95. The first-order valence-corrected chi connectivity index (χ1v) is 9.94. The van der Waals surface area contributed by atoms with Crippen LogP contribution < -0.4 is 9.47 Å². The van der Waals surface area contributed by atoms with E-state index in [-0.39, 0.29) is 12.7 Å². The van der Waals surface area contributed by atoms with E-state index in [4.69, 9.17) is 9.47 Å². The Morgan fingerprint density at radius 3 is 2.33 bits per heavy atom. The number of hydrogen-bond donors (Lipinski definition) is 0. The van der Waals surface area contributed by atoms with Gasteiger partial charge in [-0.05, 0) is 33.8 Å². The molecule has 158 valence electrons. The van der Waals surface area contributed by atoms with Gasteiger partial charge in [0.05, 0.1) is 23.5 Å². The second-order valence-electron chi connectivity index (χ2n) is 7.75. The third kappa shape index (κ3) is 3.32. The highest BCUT2D eigenvalue weighted by atomic mass is 16.7. The molecule has 1 aliphatic rings. The molecule has 0 spiro atoms. The fourth-order valence-corrected chi connectivity index (χ4v) is 4.00. The SMILES string of the molecule is Cc1nn(C)c(C)c1CN(Cc1cccc2c1OCO2)C(=O)c1c(C)nn(C)c1C. The van der Waals surface area contributed by atoms with Crippen molar-refractivity contribution in [3.63, 3.8) is 0 Å². The first-order valence-electron chi connectivity index (χ1n) is 9.94. The molecule has 30 heavy (non-hydrogen) atoms. The van der Waals surface area contributed by atoms with Crippen LogP contribution in [0.3, 0.4) is 0 Å². The fraction of sp³-hybridized carbons (Fsp3) is 0.409. The van der Waals surface area contributed by atoms with Crippen molar-refractivity contribution in [2.24, 2.45) is 14.1 Å². The minimum Gasteiger partial charge on any atom is -0.454 e. The summed E-state index contributed by atoms with van der Waals surface area (Å²) in [6.45, 7) is 8.83. The highest BCUT2D eigenvalue weighted by Crippen LogP contribution is 2.36. The molecule has 0 saturated carbocycles. The zero-order valence-corrected chi connectivity index (χ0v) is 18.3. The van der Waals surface area contributed by atoms with Crippen LogP contribution in [-0.4, -0.2) is 37.2 Å². The number of fused-ring (bicyclic) bond motifs is 1. The average Bonchev–Trinajstić information content (AvgIpc) is 3.34. The summed E-state index contributed by atoms with van der Waals surface area (Å²) < 4.78 is 14.8. The molecule has 1 aromatic carbocycles. The molecule has 1 amide bonds. The second kappa shape index (κ2) is 7.51. The van der Waals surface area contributed by atoms with E-state index in [1.165, 1.54) is 0 Å². The number of benzene rings is 1. The van der Waals surface area contributed by atoms with E-state index in [0.29, 0.717) is 30.2 Å². The lowest BCUT2D eigenvalue weighted by atomic mass is 10.1. The number of rotatable bonds is 5. The van der Waals surface area contributed by atoms with Crippen LogP contribution in [0.25, 0.3) is 0 Å². The van der Waals surface area contributed by atoms with Gasteiger partial charge in [-0.1, -0.05) is 12.1 Å². The molecule has 4 rings (SSSR count). The predicted molar refractivity (Wildman–Crippen MR) is 112 cm³/mol. The molecule has 1 aliphatic heterocycles. The van der Waals surface area contributed by atoms with Crippen molar-refractivity contribution in [3.8, 4) is 11.5 Å². The number of carbonyl (C=O) groups excluding carboxylic acids is 1. The van der Waals surface area contributed by atoms with Crippen molar-refractivity contribution >= 4 is 5.91 Å². The Kier molecular flexibility index (Phi) is 5.01. The van der Waals surface area contributed by atoms with Gasteiger partial charge >= 0.3 is 0 Å². The molecule has 0 radical (unpaired) electrons. The maximum absolute atomic E-state index is 13.7. The summed E-state index contributed by atoms with van der Waals surface area (Å²) in [5.41, 5.74) is 6.14. The van der Waals surface area contributed by atoms with Gasteiger partial charge in [-0.25, -0.2) is 0 Å². The number of amides is 1. The van der Waals surface area contributed by atoms with Crippen molar-refractivity contribution in [2.75, 3.05) is 6.79 Å². The van der Waals surface area contributed by atoms with E-state index in [9.17, 15) is 4.79 Å². The van der Waals surface area contributed by atoms with Gasteiger partial charge in [-0.2, -0.15) is 10.2 Å². The van der Waals surface area contributed by atoms with Crippen molar-refractivity contribution in [1.29, 1.82) is 0 Å². The second-order valence-corrected chi connectivity index (χ2v) is 7.75. The Bertz CT molecular complexity index is 1130. The van der Waals surface area contributed by atoms with Gasteiger partial charge in [-0.3, -0.25) is 14.2 Å². The minimum atomic E-state index is -0.0581. The van der Waals surface area contributed by atoms with Crippen molar-refractivity contribution < 1.29 is 14.3 Å². The van der Waals surface area contributed by atoms with Crippen LogP contribution in [0.4, 0.5) is 0 Å². The summed E-state index contributed by atoms with van der Waals surface area (Å²) >= 11 is 0. The van der Waals surface area contributed by atoms with E-state index in [2.05, 4.69) is 10.2 Å². The van der Waals surface area contributed by atoms with Crippen molar-refractivity contribution in [3.05, 3.63) is 57.7 Å². The molecule has 0 aliphatic carbocycles. The summed E-state index contributed by atoms with van der Waals surface area (Å²) in [6, 6.07) is 5.77. The standard InChI is InChI=1S/C22H27N5O3/c1-13-18(15(3)25(5)23-13)11-27(22(28)20-14(2)24-26(6)16(20)4)10-17-8-7-9-19-21(17)30-12-29-19/h7-9H,10-12H2,1-6H3. The maximum atomic E-state index is 13.7. The van der Waals surface area contributed by atoms with Crippen LogP contribution in [0, 0.1) is 27.7 Å². The predicted octanol–water partition coefficient (Wildman–Crippen LogP) is 2.96. The van der Waals surface area contributed by atoms with Crippen LogP contribution in [0.5, 0.6) is 11.5 Å². The third-order valence-electron chi connectivity index (χ3n) is 5.86. The molecule has 8 heteroatoms. The maximum Gasteiger partial charge on any atom is 0.258 e. The van der Waals surface area contributed by atoms with Gasteiger partial charge in [0, 0.05) is 43.2 Å². The van der Waals surface area contributed by atoms with E-state index in [1.54, 1.807) is 4.68 Å². The molecular formula is C22H27N5O3. The minimum absolute atomic E-state index is 0.0581. The monoisotopic (exact) mass is 409 g/mol. The van der Waals surface area contributed by atoms with E-state index in [1.807, 2.05) is 69.6 Å². The van der Waals surface area contributed by atoms with Crippen LogP contribution in [0.1, 0.15) is 44.3 Å². The number of hydrogen-bond acceptors (Lipinski definition) is 5. The van der Waals surface area contributed by atoms with Gasteiger partial charge in [0.25, 0.3) is 5.91 Å². The quantitative estimate of drug-likeness (QED) is 0.648. The van der Waals surface area contributed by atoms with Crippen LogP contribution >= 0.6 is 0 Å². The Labute approximate surface area is 176 Å². The lowest BCUT2D eigenvalue weighted by Gasteiger charge is -2.24. The molecule has 0 saturated heterocycles. The molecule has 3 heterocycles. The molecule has 0 fully saturated rings. The average molecular weight is 409 g/mol. The number of aryl methyl sites for hydroxylation is 4. The number of aromatic nitrogens is 4. The van der Waals surface area contributed by atoms with E-state index >= 15 is 0 Å². The molecule has 0 unspecified atom stereocenters. The largest absolute Gasteiger partial charge is 0.454 e. The molecule has 0 N–H and O–H groups in total. The summed E-state index contributed by atoms with van der Waals surface area (Å²) in [4.78, 5) is 15.6. The topological polar surface area (TPSA) is 74.4 Å². The molecular weight excluding hydrogens is 382 g/mol. The summed E-state index contributed by atoms with van der Waals surface area (Å²) in [5.74, 6) is 1.36. The fourth-order valence-electron chi connectivity index (χ4n) is 4.00. The zero-order chi connectivity index (χ0) is 21.6. The number of para-hydroxylation sites is 1. The summed E-state index contributed by atoms with van der Waals surface area (Å²) in [7, 11) is 3.77. The van der Waals surface area contributed by atoms with Crippen LogP contribution in [-0.2, 0) is 27.2 Å². The zero-order valence-electron chi connectivity index (χ0n) is 18.3. The van der Waals surface area contributed by atoms with Gasteiger partial charge < -0.3 is 14.4 Å². The van der Waals surface area contributed by atoms with Gasteiger partial charge in [-0.15, -0.1) is 0 Å². The molecule has 0 bridgehead atoms. The van der Waals surface area contributed by atoms with Gasteiger partial charge in [0.2, 0.25) is 6.79 Å². The molecule has 2 aromatic heterocycles. The van der Waals surface area contributed by atoms with E-state index in [0.717, 1.165) is 33.9 Å². The first-order chi connectivity index (χ1) is 14.3. The highest BCUT2D eigenvalue weighted by Gasteiger charge is 2.27. The van der Waals surface area contributed by atoms with Crippen molar-refractivity contribution in [2.45, 2.75) is 40.8 Å². The number of ether oxygens (including phenoxy) is 2. The van der Waals surface area contributed by atoms with E-state index < -0.39 is 0 Å². The Morgan fingerprint density at radius 2 is 1.70 bits per heavy atom. The van der Waals surface area contributed by atoms with Crippen LogP contribution in [0.15, 0.2) is 18.2 Å². The van der Waals surface area contributed by atoms with Gasteiger partial charge in [0.1, 0.15) is 0 Å². The summed E-state index contributed by atoms with van der Waals surface area (Å²) in [6.07, 6.45) is 0. The lowest BCUT2D eigenvalue weighted by molar-refractivity contribution is 0.0726. The highest BCUT2D eigenvalue weighted by molar-refractivity contribution is 5.96. The van der Waals surface area contributed by atoms with Crippen LogP contribution in [0.2, 0.25) is 0 Å². The molecule has 8 nitrogen and oxygen atoms in total. The number of nitrogens with zero attached hydrogens (tertiary/aromatic N) is 5. The third-order valence-corrected chi connectivity index (χ3v) is 5.86. The Balaban J connectivity index is 1.75. The van der Waals surface area contributed by atoms with Gasteiger partial charge in [0.15, 0.2) is 11.5 Å². The Hall–Kier alpha value is -3.29. The Morgan fingerprint density at radius 1 is 1.00 bits per heavy atom. The smallest absolute Gasteiger partial charge is 0.258 e.